The zero-order valence-corrected chi connectivity index (χ0v) is 12.8. The first kappa shape index (κ1) is 15.1. The van der Waals surface area contributed by atoms with Crippen LogP contribution in [0.5, 0.6) is 0 Å². The SMILES string of the molecule is CCCCN(CC1CCCN1)C(=O)c1cccn1CC. The molecule has 4 heteroatoms. The van der Waals surface area contributed by atoms with Crippen molar-refractivity contribution < 1.29 is 4.79 Å². The van der Waals surface area contributed by atoms with Gasteiger partial charge in [0.05, 0.1) is 0 Å². The summed E-state index contributed by atoms with van der Waals surface area (Å²) < 4.78 is 2.03. The topological polar surface area (TPSA) is 37.3 Å². The lowest BCUT2D eigenvalue weighted by molar-refractivity contribution is 0.0728. The molecule has 20 heavy (non-hydrogen) atoms. The number of hydrogen-bond donors (Lipinski definition) is 1. The third-order valence-electron chi connectivity index (χ3n) is 4.06. The van der Waals surface area contributed by atoms with Crippen LogP contribution in [0, 0.1) is 0 Å². The van der Waals surface area contributed by atoms with E-state index in [9.17, 15) is 4.79 Å². The summed E-state index contributed by atoms with van der Waals surface area (Å²) in [5, 5.41) is 3.49. The van der Waals surface area contributed by atoms with E-state index in [0.717, 1.165) is 44.7 Å². The molecule has 0 aromatic carbocycles. The Bertz CT molecular complexity index is 421. The Hall–Kier alpha value is -1.29. The van der Waals surface area contributed by atoms with Gasteiger partial charge in [-0.3, -0.25) is 4.79 Å². The Morgan fingerprint density at radius 1 is 1.50 bits per heavy atom. The normalized spacial score (nSPS) is 18.4. The van der Waals surface area contributed by atoms with Crippen molar-refractivity contribution in [3.05, 3.63) is 24.0 Å². The van der Waals surface area contributed by atoms with Gasteiger partial charge >= 0.3 is 0 Å². The van der Waals surface area contributed by atoms with Crippen molar-refractivity contribution in [3.63, 3.8) is 0 Å². The van der Waals surface area contributed by atoms with Crippen LogP contribution < -0.4 is 5.32 Å². The molecule has 0 radical (unpaired) electrons. The van der Waals surface area contributed by atoms with Crippen LogP contribution in [0.15, 0.2) is 18.3 Å². The summed E-state index contributed by atoms with van der Waals surface area (Å²) in [4.78, 5) is 14.8. The van der Waals surface area contributed by atoms with E-state index in [1.807, 2.05) is 27.8 Å². The van der Waals surface area contributed by atoms with E-state index in [2.05, 4.69) is 19.2 Å². The van der Waals surface area contributed by atoms with E-state index in [4.69, 9.17) is 0 Å². The number of nitrogens with zero attached hydrogens (tertiary/aromatic N) is 2. The van der Waals surface area contributed by atoms with Gasteiger partial charge < -0.3 is 14.8 Å². The molecule has 0 saturated carbocycles. The van der Waals surface area contributed by atoms with Crippen molar-refractivity contribution in [1.82, 2.24) is 14.8 Å². The summed E-state index contributed by atoms with van der Waals surface area (Å²) in [6.45, 7) is 7.89. The second-order valence-electron chi connectivity index (χ2n) is 5.58. The molecule has 2 heterocycles. The van der Waals surface area contributed by atoms with Gasteiger partial charge in [0.2, 0.25) is 0 Å². The highest BCUT2D eigenvalue weighted by Crippen LogP contribution is 2.12. The van der Waals surface area contributed by atoms with Crippen molar-refractivity contribution in [1.29, 1.82) is 0 Å². The molecule has 2 rings (SSSR count). The third-order valence-corrected chi connectivity index (χ3v) is 4.06. The largest absolute Gasteiger partial charge is 0.344 e. The lowest BCUT2D eigenvalue weighted by atomic mass is 10.2. The molecule has 0 spiro atoms. The van der Waals surface area contributed by atoms with Crippen LogP contribution in [-0.4, -0.2) is 41.1 Å². The second kappa shape index (κ2) is 7.48. The van der Waals surface area contributed by atoms with Gasteiger partial charge in [-0.1, -0.05) is 13.3 Å². The van der Waals surface area contributed by atoms with Crippen LogP contribution in [0.1, 0.15) is 50.0 Å². The Labute approximate surface area is 122 Å². The van der Waals surface area contributed by atoms with Gasteiger partial charge in [-0.15, -0.1) is 0 Å². The molecular formula is C16H27N3O. The van der Waals surface area contributed by atoms with Crippen molar-refractivity contribution in [2.45, 2.75) is 52.1 Å². The maximum absolute atomic E-state index is 12.8. The van der Waals surface area contributed by atoms with Crippen LogP contribution in [0.2, 0.25) is 0 Å². The molecule has 1 atom stereocenters. The van der Waals surface area contributed by atoms with Gasteiger partial charge in [0.15, 0.2) is 0 Å². The summed E-state index contributed by atoms with van der Waals surface area (Å²) in [6.07, 6.45) is 6.59. The molecule has 0 aliphatic carbocycles. The van der Waals surface area contributed by atoms with Gasteiger partial charge in [-0.25, -0.2) is 0 Å². The molecule has 1 unspecified atom stereocenters. The van der Waals surface area contributed by atoms with Gasteiger partial charge in [0.1, 0.15) is 5.69 Å². The maximum atomic E-state index is 12.8. The summed E-state index contributed by atoms with van der Waals surface area (Å²) >= 11 is 0. The first-order valence-corrected chi connectivity index (χ1v) is 7.94. The number of unbranched alkanes of at least 4 members (excludes halogenated alkanes) is 1. The fourth-order valence-corrected chi connectivity index (χ4v) is 2.85. The number of aryl methyl sites for hydroxylation is 1. The minimum Gasteiger partial charge on any atom is -0.344 e. The molecule has 0 bridgehead atoms. The first-order chi connectivity index (χ1) is 9.76. The van der Waals surface area contributed by atoms with Crippen molar-refractivity contribution in [2.75, 3.05) is 19.6 Å². The molecule has 1 N–H and O–H groups in total. The van der Waals surface area contributed by atoms with Crippen molar-refractivity contribution in [3.8, 4) is 0 Å². The Balaban J connectivity index is 2.06. The molecule has 1 saturated heterocycles. The fraction of sp³-hybridized carbons (Fsp3) is 0.688. The monoisotopic (exact) mass is 277 g/mol. The van der Waals surface area contributed by atoms with Crippen LogP contribution >= 0.6 is 0 Å². The predicted molar refractivity (Wildman–Crippen MR) is 81.9 cm³/mol. The summed E-state index contributed by atoms with van der Waals surface area (Å²) in [7, 11) is 0. The highest BCUT2D eigenvalue weighted by atomic mass is 16.2. The first-order valence-electron chi connectivity index (χ1n) is 7.94. The zero-order valence-electron chi connectivity index (χ0n) is 12.8. The standard InChI is InChI=1S/C16H27N3O/c1-3-5-11-19(13-14-8-6-10-17-14)16(20)15-9-7-12-18(15)4-2/h7,9,12,14,17H,3-6,8,10-11,13H2,1-2H3. The smallest absolute Gasteiger partial charge is 0.270 e. The van der Waals surface area contributed by atoms with Crippen LogP contribution in [-0.2, 0) is 6.54 Å². The van der Waals surface area contributed by atoms with Gasteiger partial charge in [-0.05, 0) is 44.9 Å². The molecule has 1 aliphatic rings. The number of carbonyl (C=O) groups is 1. The van der Waals surface area contributed by atoms with Crippen LogP contribution in [0.4, 0.5) is 0 Å². The average Bonchev–Trinajstić information content (AvgIpc) is 3.13. The molecule has 1 aromatic rings. The third kappa shape index (κ3) is 3.63. The molecule has 1 amide bonds. The summed E-state index contributed by atoms with van der Waals surface area (Å²) in [5.41, 5.74) is 0.821. The van der Waals surface area contributed by atoms with Gasteiger partial charge in [0, 0.05) is 31.9 Å². The number of hydrogen-bond acceptors (Lipinski definition) is 2. The van der Waals surface area contributed by atoms with Crippen LogP contribution in [0.3, 0.4) is 0 Å². The van der Waals surface area contributed by atoms with Gasteiger partial charge in [0.25, 0.3) is 5.91 Å². The number of carbonyl (C=O) groups excluding carboxylic acids is 1. The molecule has 1 aliphatic heterocycles. The lowest BCUT2D eigenvalue weighted by Crippen LogP contribution is -2.42. The number of nitrogens with one attached hydrogen (secondary N) is 1. The highest BCUT2D eigenvalue weighted by molar-refractivity contribution is 5.92. The second-order valence-corrected chi connectivity index (χ2v) is 5.58. The molecule has 1 fully saturated rings. The fourth-order valence-electron chi connectivity index (χ4n) is 2.85. The molecular weight excluding hydrogens is 250 g/mol. The van der Waals surface area contributed by atoms with E-state index < -0.39 is 0 Å². The average molecular weight is 277 g/mol. The number of amides is 1. The lowest BCUT2D eigenvalue weighted by Gasteiger charge is -2.26. The molecule has 112 valence electrons. The minimum absolute atomic E-state index is 0.180. The van der Waals surface area contributed by atoms with E-state index in [1.165, 1.54) is 12.8 Å². The predicted octanol–water partition coefficient (Wildman–Crippen LogP) is 2.50. The Morgan fingerprint density at radius 2 is 2.35 bits per heavy atom. The quantitative estimate of drug-likeness (QED) is 0.831. The van der Waals surface area contributed by atoms with E-state index in [-0.39, 0.29) is 5.91 Å². The minimum atomic E-state index is 0.180. The zero-order chi connectivity index (χ0) is 14.4. The number of rotatable bonds is 7. The number of aromatic nitrogens is 1. The summed E-state index contributed by atoms with van der Waals surface area (Å²) in [6, 6.07) is 4.37. The van der Waals surface area contributed by atoms with Crippen LogP contribution in [0.25, 0.3) is 0 Å². The summed E-state index contributed by atoms with van der Waals surface area (Å²) in [5.74, 6) is 0.180. The van der Waals surface area contributed by atoms with Gasteiger partial charge in [-0.2, -0.15) is 0 Å². The van der Waals surface area contributed by atoms with E-state index >= 15 is 0 Å². The van der Waals surface area contributed by atoms with Crippen molar-refractivity contribution in [2.24, 2.45) is 0 Å². The van der Waals surface area contributed by atoms with Crippen molar-refractivity contribution >= 4 is 5.91 Å². The van der Waals surface area contributed by atoms with E-state index in [1.54, 1.807) is 0 Å². The Morgan fingerprint density at radius 3 is 3.00 bits per heavy atom. The highest BCUT2D eigenvalue weighted by Gasteiger charge is 2.23. The molecule has 4 nitrogen and oxygen atoms in total. The Kier molecular flexibility index (Phi) is 5.65. The van der Waals surface area contributed by atoms with E-state index in [0.29, 0.717) is 6.04 Å². The maximum Gasteiger partial charge on any atom is 0.270 e. The molecule has 1 aromatic heterocycles.